The number of hydrogen-bond donors (Lipinski definition) is 1. The molecule has 1 N–H and O–H groups in total. The van der Waals surface area contributed by atoms with E-state index in [0.29, 0.717) is 11.9 Å². The molecule has 3 heteroatoms. The van der Waals surface area contributed by atoms with Crippen LogP contribution in [0.2, 0.25) is 0 Å². The Morgan fingerprint density at radius 1 is 1.26 bits per heavy atom. The van der Waals surface area contributed by atoms with E-state index in [0.717, 1.165) is 31.6 Å². The fourth-order valence-electron chi connectivity index (χ4n) is 3.25. The molecule has 1 unspecified atom stereocenters. The number of carbonyl (C=O) groups excluding carboxylic acids is 1. The van der Waals surface area contributed by atoms with E-state index in [1.807, 2.05) is 11.0 Å². The van der Waals surface area contributed by atoms with E-state index in [1.165, 1.54) is 18.4 Å². The third kappa shape index (κ3) is 2.52. The van der Waals surface area contributed by atoms with E-state index in [-0.39, 0.29) is 5.92 Å². The molecule has 19 heavy (non-hydrogen) atoms. The van der Waals surface area contributed by atoms with Crippen LogP contribution in [0.15, 0.2) is 24.3 Å². The molecular weight excluding hydrogens is 236 g/mol. The van der Waals surface area contributed by atoms with Gasteiger partial charge in [-0.25, -0.2) is 0 Å². The summed E-state index contributed by atoms with van der Waals surface area (Å²) in [7, 11) is 0. The van der Waals surface area contributed by atoms with Crippen molar-refractivity contribution in [1.29, 1.82) is 0 Å². The fourth-order valence-corrected chi connectivity index (χ4v) is 3.25. The average molecular weight is 258 g/mol. The molecule has 3 nitrogen and oxygen atoms in total. The van der Waals surface area contributed by atoms with E-state index in [1.54, 1.807) is 0 Å². The number of benzene rings is 1. The van der Waals surface area contributed by atoms with Gasteiger partial charge in [0.1, 0.15) is 0 Å². The van der Waals surface area contributed by atoms with Gasteiger partial charge in [-0.1, -0.05) is 31.0 Å². The molecule has 1 aromatic rings. The van der Waals surface area contributed by atoms with Crippen LogP contribution in [0.4, 0.5) is 5.69 Å². The number of carbonyl (C=O) groups is 1. The highest BCUT2D eigenvalue weighted by Gasteiger charge is 2.30. The predicted molar refractivity (Wildman–Crippen MR) is 77.1 cm³/mol. The first-order valence-electron chi connectivity index (χ1n) is 7.38. The minimum atomic E-state index is 0.248. The molecule has 0 saturated heterocycles. The van der Waals surface area contributed by atoms with Crippen molar-refractivity contribution < 1.29 is 4.79 Å². The lowest BCUT2D eigenvalue weighted by molar-refractivity contribution is -0.122. The Hall–Kier alpha value is -1.35. The van der Waals surface area contributed by atoms with Gasteiger partial charge in [0.15, 0.2) is 0 Å². The van der Waals surface area contributed by atoms with Gasteiger partial charge in [-0.2, -0.15) is 0 Å². The van der Waals surface area contributed by atoms with Gasteiger partial charge < -0.3 is 10.2 Å². The predicted octanol–water partition coefficient (Wildman–Crippen LogP) is 2.70. The number of nitrogens with zero attached hydrogens (tertiary/aromatic N) is 1. The zero-order chi connectivity index (χ0) is 13.2. The highest BCUT2D eigenvalue weighted by atomic mass is 16.2. The molecule has 1 aliphatic heterocycles. The summed E-state index contributed by atoms with van der Waals surface area (Å²) in [4.78, 5) is 14.8. The zero-order valence-corrected chi connectivity index (χ0v) is 11.6. The van der Waals surface area contributed by atoms with E-state index >= 15 is 0 Å². The van der Waals surface area contributed by atoms with Crippen molar-refractivity contribution in [3.05, 3.63) is 29.8 Å². The largest absolute Gasteiger partial charge is 0.310 e. The van der Waals surface area contributed by atoms with E-state index in [2.05, 4.69) is 30.4 Å². The first-order chi connectivity index (χ1) is 9.25. The summed E-state index contributed by atoms with van der Waals surface area (Å²) in [5, 5.41) is 3.48. The quantitative estimate of drug-likeness (QED) is 0.840. The summed E-state index contributed by atoms with van der Waals surface area (Å²) in [6.07, 6.45) is 4.55. The van der Waals surface area contributed by atoms with Crippen LogP contribution in [0.3, 0.4) is 0 Å². The Morgan fingerprint density at radius 2 is 2.00 bits per heavy atom. The molecule has 2 aliphatic rings. The first-order valence-corrected chi connectivity index (χ1v) is 7.38. The van der Waals surface area contributed by atoms with Gasteiger partial charge in [0.25, 0.3) is 0 Å². The van der Waals surface area contributed by atoms with Crippen LogP contribution >= 0.6 is 0 Å². The molecule has 1 heterocycles. The second kappa shape index (κ2) is 5.33. The molecule has 3 rings (SSSR count). The average Bonchev–Trinajstić information content (AvgIpc) is 2.91. The smallest absolute Gasteiger partial charge is 0.230 e. The van der Waals surface area contributed by atoms with Crippen LogP contribution in [-0.2, 0) is 11.3 Å². The molecule has 1 aliphatic carbocycles. The molecule has 0 aromatic heterocycles. The first kappa shape index (κ1) is 12.7. The Labute approximate surface area is 115 Å². The third-order valence-corrected chi connectivity index (χ3v) is 4.35. The Morgan fingerprint density at radius 3 is 2.79 bits per heavy atom. The summed E-state index contributed by atoms with van der Waals surface area (Å²) in [5.41, 5.74) is 2.34. The number of hydrogen-bond acceptors (Lipinski definition) is 2. The van der Waals surface area contributed by atoms with Crippen LogP contribution in [0.25, 0.3) is 0 Å². The minimum absolute atomic E-state index is 0.248. The molecule has 1 atom stereocenters. The number of nitrogens with one attached hydrogen (secondary N) is 1. The van der Waals surface area contributed by atoms with Gasteiger partial charge in [-0.05, 0) is 31.4 Å². The number of amides is 1. The van der Waals surface area contributed by atoms with Crippen LogP contribution in [0.1, 0.15) is 38.2 Å². The zero-order valence-electron chi connectivity index (χ0n) is 11.6. The van der Waals surface area contributed by atoms with E-state index in [4.69, 9.17) is 0 Å². The summed E-state index contributed by atoms with van der Waals surface area (Å²) in [6, 6.07) is 8.63. The number of para-hydroxylation sites is 1. The molecule has 1 aromatic carbocycles. The van der Waals surface area contributed by atoms with E-state index in [9.17, 15) is 4.79 Å². The fraction of sp³-hybridized carbons (Fsp3) is 0.562. The van der Waals surface area contributed by atoms with Gasteiger partial charge in [-0.3, -0.25) is 4.79 Å². The van der Waals surface area contributed by atoms with Crippen molar-refractivity contribution >= 4 is 11.6 Å². The molecule has 1 fully saturated rings. The molecule has 1 saturated carbocycles. The normalized spacial score (nSPS) is 24.1. The van der Waals surface area contributed by atoms with Crippen LogP contribution in [0.5, 0.6) is 0 Å². The Kier molecular flexibility index (Phi) is 3.56. The molecule has 0 radical (unpaired) electrons. The van der Waals surface area contributed by atoms with Gasteiger partial charge in [0, 0.05) is 30.7 Å². The van der Waals surface area contributed by atoms with Gasteiger partial charge in [0.05, 0.1) is 0 Å². The molecule has 1 amide bonds. The monoisotopic (exact) mass is 258 g/mol. The second-order valence-corrected chi connectivity index (χ2v) is 5.84. The Balaban J connectivity index is 1.91. The summed E-state index contributed by atoms with van der Waals surface area (Å²) in [5.74, 6) is 0.582. The standard InChI is InChI=1S/C16H22N2O/c1-12-11-18(16(19)13-6-2-3-7-13)15-9-5-4-8-14(15)10-17-12/h4-5,8-9,12-13,17H,2-3,6-7,10-11H2,1H3. The SMILES string of the molecule is CC1CN(C(=O)C2CCCC2)c2ccccc2CN1. The lowest BCUT2D eigenvalue weighted by Crippen LogP contribution is -2.42. The molecular formula is C16H22N2O. The maximum absolute atomic E-state index is 12.8. The number of rotatable bonds is 1. The van der Waals surface area contributed by atoms with Crippen molar-refractivity contribution in [2.75, 3.05) is 11.4 Å². The van der Waals surface area contributed by atoms with Crippen molar-refractivity contribution in [1.82, 2.24) is 5.32 Å². The molecule has 0 bridgehead atoms. The maximum Gasteiger partial charge on any atom is 0.230 e. The minimum Gasteiger partial charge on any atom is -0.310 e. The third-order valence-electron chi connectivity index (χ3n) is 4.35. The maximum atomic E-state index is 12.8. The second-order valence-electron chi connectivity index (χ2n) is 5.84. The van der Waals surface area contributed by atoms with Crippen molar-refractivity contribution in [2.24, 2.45) is 5.92 Å². The molecule has 102 valence electrons. The lowest BCUT2D eigenvalue weighted by Gasteiger charge is -2.27. The summed E-state index contributed by atoms with van der Waals surface area (Å²) >= 11 is 0. The highest BCUT2D eigenvalue weighted by Crippen LogP contribution is 2.31. The van der Waals surface area contributed by atoms with Crippen LogP contribution in [-0.4, -0.2) is 18.5 Å². The molecule has 0 spiro atoms. The summed E-state index contributed by atoms with van der Waals surface area (Å²) < 4.78 is 0. The van der Waals surface area contributed by atoms with Gasteiger partial charge >= 0.3 is 0 Å². The summed E-state index contributed by atoms with van der Waals surface area (Å²) in [6.45, 7) is 3.79. The van der Waals surface area contributed by atoms with Crippen molar-refractivity contribution in [3.63, 3.8) is 0 Å². The van der Waals surface area contributed by atoms with Gasteiger partial charge in [-0.15, -0.1) is 0 Å². The Bertz CT molecular complexity index is 466. The topological polar surface area (TPSA) is 32.3 Å². The lowest BCUT2D eigenvalue weighted by atomic mass is 10.0. The number of fused-ring (bicyclic) bond motifs is 1. The van der Waals surface area contributed by atoms with Crippen molar-refractivity contribution in [3.8, 4) is 0 Å². The van der Waals surface area contributed by atoms with Crippen LogP contribution in [0, 0.1) is 5.92 Å². The van der Waals surface area contributed by atoms with Crippen molar-refractivity contribution in [2.45, 2.75) is 45.2 Å². The number of anilines is 1. The van der Waals surface area contributed by atoms with E-state index < -0.39 is 0 Å². The highest BCUT2D eigenvalue weighted by molar-refractivity contribution is 5.96. The van der Waals surface area contributed by atoms with Crippen LogP contribution < -0.4 is 10.2 Å². The van der Waals surface area contributed by atoms with Gasteiger partial charge in [0.2, 0.25) is 5.91 Å².